The summed E-state index contributed by atoms with van der Waals surface area (Å²) in [5.74, 6) is -1.38. The molecular weight excluding hydrogens is 333 g/mol. The molecule has 0 N–H and O–H groups in total. The summed E-state index contributed by atoms with van der Waals surface area (Å²) in [6.45, 7) is 1.49. The first-order chi connectivity index (χ1) is 10.3. The first kappa shape index (κ1) is 18.3. The third kappa shape index (κ3) is 2.91. The number of carbonyl (C=O) groups is 1. The predicted octanol–water partition coefficient (Wildman–Crippen LogP) is 4.29. The van der Waals surface area contributed by atoms with Crippen LogP contribution in [0.3, 0.4) is 0 Å². The van der Waals surface area contributed by atoms with Gasteiger partial charge in [0.1, 0.15) is 6.61 Å². The van der Waals surface area contributed by atoms with Gasteiger partial charge in [0.25, 0.3) is 0 Å². The van der Waals surface area contributed by atoms with Crippen LogP contribution in [0.1, 0.15) is 26.7 Å². The normalized spacial score (nSPS) is 34.7. The molecule has 5 atom stereocenters. The van der Waals surface area contributed by atoms with E-state index in [-0.39, 0.29) is 17.8 Å². The summed E-state index contributed by atoms with van der Waals surface area (Å²) < 4.78 is 92.0. The molecule has 0 aromatic carbocycles. The number of alkyl halides is 7. The molecule has 2 saturated carbocycles. The lowest BCUT2D eigenvalue weighted by Crippen LogP contribution is -2.57. The van der Waals surface area contributed by atoms with Crippen molar-refractivity contribution < 1.29 is 40.3 Å². The smallest absolute Gasteiger partial charge is 0.435 e. The number of hydrogen-bond donors (Lipinski definition) is 0. The van der Waals surface area contributed by atoms with Crippen molar-refractivity contribution in [2.75, 3.05) is 6.61 Å². The van der Waals surface area contributed by atoms with Gasteiger partial charge < -0.3 is 4.74 Å². The van der Waals surface area contributed by atoms with Gasteiger partial charge in [-0.2, -0.15) is 26.3 Å². The second kappa shape index (κ2) is 5.51. The van der Waals surface area contributed by atoms with Crippen LogP contribution in [0.5, 0.6) is 0 Å². The summed E-state index contributed by atoms with van der Waals surface area (Å²) in [4.78, 5) is 11.9. The molecule has 0 saturated heterocycles. The Labute approximate surface area is 128 Å². The van der Waals surface area contributed by atoms with Crippen LogP contribution in [0.4, 0.5) is 30.7 Å². The maximum Gasteiger partial charge on any atom is 0.435 e. The molecule has 134 valence electrons. The maximum atomic E-state index is 13.5. The Morgan fingerprint density at radius 3 is 1.87 bits per heavy atom. The van der Waals surface area contributed by atoms with Crippen molar-refractivity contribution in [3.63, 3.8) is 0 Å². The van der Waals surface area contributed by atoms with Gasteiger partial charge in [0, 0.05) is 0 Å². The maximum absolute atomic E-state index is 13.5. The number of esters is 1. The molecule has 2 aliphatic carbocycles. The van der Waals surface area contributed by atoms with Gasteiger partial charge in [-0.1, -0.05) is 13.8 Å². The van der Waals surface area contributed by atoms with Crippen molar-refractivity contribution in [1.82, 2.24) is 0 Å². The first-order valence-corrected chi connectivity index (χ1v) is 7.28. The lowest BCUT2D eigenvalue weighted by Gasteiger charge is -2.32. The summed E-state index contributed by atoms with van der Waals surface area (Å²) in [7, 11) is 0. The van der Waals surface area contributed by atoms with Crippen molar-refractivity contribution in [3.05, 3.63) is 0 Å². The van der Waals surface area contributed by atoms with E-state index in [0.29, 0.717) is 18.8 Å². The predicted molar refractivity (Wildman–Crippen MR) is 64.9 cm³/mol. The molecule has 2 rings (SSSR count). The van der Waals surface area contributed by atoms with Crippen LogP contribution in [-0.4, -0.2) is 30.6 Å². The van der Waals surface area contributed by atoms with Crippen LogP contribution in [0.2, 0.25) is 0 Å². The van der Waals surface area contributed by atoms with E-state index < -0.39 is 36.5 Å². The van der Waals surface area contributed by atoms with E-state index in [9.17, 15) is 35.5 Å². The zero-order chi connectivity index (χ0) is 17.8. The zero-order valence-electron chi connectivity index (χ0n) is 12.5. The highest BCUT2D eigenvalue weighted by Gasteiger charge is 2.73. The molecule has 23 heavy (non-hydrogen) atoms. The van der Waals surface area contributed by atoms with Crippen LogP contribution < -0.4 is 0 Å². The minimum absolute atomic E-state index is 0.131. The van der Waals surface area contributed by atoms with Gasteiger partial charge in [-0.05, 0) is 36.5 Å². The fraction of sp³-hybridized carbons (Fsp3) is 0.929. The molecule has 2 aliphatic rings. The lowest BCUT2D eigenvalue weighted by molar-refractivity contribution is -0.349. The first-order valence-electron chi connectivity index (χ1n) is 7.28. The summed E-state index contributed by atoms with van der Waals surface area (Å²) in [6.07, 6.45) is -11.3. The van der Waals surface area contributed by atoms with Crippen molar-refractivity contribution >= 4 is 5.97 Å². The average Bonchev–Trinajstić information content (AvgIpc) is 2.94. The molecule has 2 nitrogen and oxygen atoms in total. The third-order valence-corrected chi connectivity index (χ3v) is 5.51. The Bertz CT molecular complexity index is 455. The molecule has 0 heterocycles. The standard InChI is InChI=1S/C14H17F7O2/c1-6-7(2)9-3-8(6)4-10(9)11(22)23-5-12(15,13(16,17)18)14(19,20)21/h6-10H,3-5H2,1-2H3. The Kier molecular flexibility index (Phi) is 4.39. The molecule has 0 aromatic rings. The van der Waals surface area contributed by atoms with Gasteiger partial charge in [0.2, 0.25) is 0 Å². The highest BCUT2D eigenvalue weighted by molar-refractivity contribution is 5.73. The van der Waals surface area contributed by atoms with Gasteiger partial charge in [0.15, 0.2) is 0 Å². The van der Waals surface area contributed by atoms with Gasteiger partial charge in [-0.25, -0.2) is 4.39 Å². The highest BCUT2D eigenvalue weighted by Crippen LogP contribution is 2.55. The highest BCUT2D eigenvalue weighted by atomic mass is 19.4. The van der Waals surface area contributed by atoms with Crippen LogP contribution in [0.15, 0.2) is 0 Å². The second-order valence-corrected chi connectivity index (χ2v) is 6.62. The third-order valence-electron chi connectivity index (χ3n) is 5.51. The van der Waals surface area contributed by atoms with Crippen LogP contribution in [-0.2, 0) is 9.53 Å². The monoisotopic (exact) mass is 350 g/mol. The lowest BCUT2D eigenvalue weighted by atomic mass is 9.76. The van der Waals surface area contributed by atoms with Crippen LogP contribution in [0.25, 0.3) is 0 Å². The van der Waals surface area contributed by atoms with Crippen molar-refractivity contribution in [3.8, 4) is 0 Å². The van der Waals surface area contributed by atoms with Crippen molar-refractivity contribution in [2.24, 2.45) is 29.6 Å². The van der Waals surface area contributed by atoms with E-state index >= 15 is 0 Å². The Morgan fingerprint density at radius 1 is 0.957 bits per heavy atom. The fourth-order valence-corrected chi connectivity index (χ4v) is 3.81. The number of carbonyl (C=O) groups excluding carboxylic acids is 1. The van der Waals surface area contributed by atoms with E-state index in [2.05, 4.69) is 4.74 Å². The van der Waals surface area contributed by atoms with E-state index in [4.69, 9.17) is 0 Å². The molecule has 0 radical (unpaired) electrons. The molecule has 2 fully saturated rings. The van der Waals surface area contributed by atoms with Gasteiger partial charge >= 0.3 is 24.0 Å². The Morgan fingerprint density at radius 2 is 1.48 bits per heavy atom. The molecule has 5 unspecified atom stereocenters. The number of ether oxygens (including phenoxy) is 1. The number of rotatable bonds is 3. The minimum Gasteiger partial charge on any atom is -0.461 e. The molecule has 9 heteroatoms. The molecule has 0 amide bonds. The number of hydrogen-bond acceptors (Lipinski definition) is 2. The average molecular weight is 350 g/mol. The largest absolute Gasteiger partial charge is 0.461 e. The van der Waals surface area contributed by atoms with Gasteiger partial charge in [0.05, 0.1) is 5.92 Å². The van der Waals surface area contributed by atoms with E-state index in [1.807, 2.05) is 13.8 Å². The van der Waals surface area contributed by atoms with Crippen LogP contribution >= 0.6 is 0 Å². The fourth-order valence-electron chi connectivity index (χ4n) is 3.81. The van der Waals surface area contributed by atoms with E-state index in [1.165, 1.54) is 0 Å². The van der Waals surface area contributed by atoms with Gasteiger partial charge in [-0.15, -0.1) is 0 Å². The quantitative estimate of drug-likeness (QED) is 0.561. The molecule has 0 spiro atoms. The topological polar surface area (TPSA) is 26.3 Å². The molecular formula is C14H17F7O2. The molecule has 0 aromatic heterocycles. The Balaban J connectivity index is 2.04. The summed E-state index contributed by atoms with van der Waals surface area (Å²) in [5.41, 5.74) is -5.55. The van der Waals surface area contributed by atoms with E-state index in [0.717, 1.165) is 0 Å². The molecule has 2 bridgehead atoms. The van der Waals surface area contributed by atoms with Crippen molar-refractivity contribution in [1.29, 1.82) is 0 Å². The summed E-state index contributed by atoms with van der Waals surface area (Å²) >= 11 is 0. The molecule has 0 aliphatic heterocycles. The summed E-state index contributed by atoms with van der Waals surface area (Å²) in [6, 6.07) is 0. The zero-order valence-corrected chi connectivity index (χ0v) is 12.5. The van der Waals surface area contributed by atoms with Gasteiger partial charge in [-0.3, -0.25) is 4.79 Å². The number of halogens is 7. The second-order valence-electron chi connectivity index (χ2n) is 6.62. The number of fused-ring (bicyclic) bond motifs is 2. The SMILES string of the molecule is CC1C2CC(C(=O)OCC(F)(C(F)(F)F)C(F)(F)F)C(C2)C1C. The summed E-state index contributed by atoms with van der Waals surface area (Å²) in [5, 5.41) is 0. The Hall–Kier alpha value is -1.02. The van der Waals surface area contributed by atoms with E-state index in [1.54, 1.807) is 0 Å². The minimum atomic E-state index is -6.21. The van der Waals surface area contributed by atoms with Crippen molar-refractivity contribution in [2.45, 2.75) is 44.7 Å². The van der Waals surface area contributed by atoms with Crippen LogP contribution in [0, 0.1) is 29.6 Å².